The fourth-order valence-corrected chi connectivity index (χ4v) is 4.54. The van der Waals surface area contributed by atoms with E-state index in [1.807, 2.05) is 24.3 Å². The summed E-state index contributed by atoms with van der Waals surface area (Å²) in [7, 11) is 1.51. The molecule has 0 radical (unpaired) electrons. The molecule has 0 saturated carbocycles. The minimum atomic E-state index is -2.40. The van der Waals surface area contributed by atoms with Gasteiger partial charge in [0.2, 0.25) is 5.79 Å². The van der Waals surface area contributed by atoms with Crippen LogP contribution in [-0.4, -0.2) is 83.0 Å². The number of halogens is 1. The van der Waals surface area contributed by atoms with Crippen LogP contribution in [0.4, 0.5) is 0 Å². The molecule has 0 bridgehead atoms. The van der Waals surface area contributed by atoms with Crippen LogP contribution >= 0.6 is 11.6 Å². The molecular formula is C24H29ClO9. The maximum absolute atomic E-state index is 11.1. The number of rotatable bonds is 7. The van der Waals surface area contributed by atoms with Crippen LogP contribution < -0.4 is 4.74 Å². The number of hydrogen-bond donors (Lipinski definition) is 5. The Kier molecular flexibility index (Phi) is 7.78. The molecule has 2 saturated heterocycles. The van der Waals surface area contributed by atoms with Gasteiger partial charge in [-0.15, -0.1) is 0 Å². The van der Waals surface area contributed by atoms with Crippen LogP contribution in [0.3, 0.4) is 0 Å². The van der Waals surface area contributed by atoms with Gasteiger partial charge in [-0.05, 0) is 29.8 Å². The van der Waals surface area contributed by atoms with Crippen LogP contribution in [0, 0.1) is 0 Å². The molecule has 4 rings (SSSR count). The Bertz CT molecular complexity index is 963. The van der Waals surface area contributed by atoms with Crippen molar-refractivity contribution >= 4 is 11.6 Å². The molecular weight excluding hydrogens is 468 g/mol. The molecule has 0 spiro atoms. The standard InChI is InChI=1S/C24H29ClO9/c1-31-22(13-2-5-15(6-3-13)33-16-8-9-32-12-16)17-10-14(4-7-18(17)25)24(30)23(29)21(28)20(27)19(11-26)34-24/h2-7,10,16,19-23,26-30H,8-9,11-12H2,1H3/t16-,19+,20+,21-,22?,23+,24-/m0/s1. The molecule has 2 aliphatic rings. The van der Waals surface area contributed by atoms with Crippen molar-refractivity contribution in [2.24, 2.45) is 0 Å². The summed E-state index contributed by atoms with van der Waals surface area (Å²) in [5.41, 5.74) is 1.31. The summed E-state index contributed by atoms with van der Waals surface area (Å²) in [6, 6.07) is 11.8. The molecule has 186 valence electrons. The fourth-order valence-electron chi connectivity index (χ4n) is 4.32. The predicted molar refractivity (Wildman–Crippen MR) is 120 cm³/mol. The first-order valence-corrected chi connectivity index (χ1v) is 11.4. The number of aliphatic hydroxyl groups is 5. The number of methoxy groups -OCH3 is 1. The van der Waals surface area contributed by atoms with Gasteiger partial charge >= 0.3 is 0 Å². The van der Waals surface area contributed by atoms with Gasteiger partial charge in [0.1, 0.15) is 42.4 Å². The first-order valence-electron chi connectivity index (χ1n) is 11.0. The first kappa shape index (κ1) is 25.3. The van der Waals surface area contributed by atoms with E-state index in [2.05, 4.69) is 0 Å². The quantitative estimate of drug-likeness (QED) is 0.378. The van der Waals surface area contributed by atoms with Crippen molar-refractivity contribution in [3.05, 3.63) is 64.2 Å². The number of benzene rings is 2. The Morgan fingerprint density at radius 2 is 1.85 bits per heavy atom. The lowest BCUT2D eigenvalue weighted by Crippen LogP contribution is -2.63. The van der Waals surface area contributed by atoms with Gasteiger partial charge in [-0.25, -0.2) is 0 Å². The van der Waals surface area contributed by atoms with Gasteiger partial charge in [0.15, 0.2) is 0 Å². The monoisotopic (exact) mass is 496 g/mol. The normalized spacial score (nSPS) is 32.5. The second-order valence-corrected chi connectivity index (χ2v) is 8.89. The highest BCUT2D eigenvalue weighted by Gasteiger charge is 2.53. The summed E-state index contributed by atoms with van der Waals surface area (Å²) >= 11 is 6.46. The van der Waals surface area contributed by atoms with E-state index in [9.17, 15) is 25.5 Å². The second-order valence-electron chi connectivity index (χ2n) is 8.49. The van der Waals surface area contributed by atoms with Crippen molar-refractivity contribution < 1.29 is 44.5 Å². The van der Waals surface area contributed by atoms with Gasteiger partial charge in [-0.2, -0.15) is 0 Å². The van der Waals surface area contributed by atoms with Crippen LogP contribution in [0.2, 0.25) is 5.02 Å². The van der Waals surface area contributed by atoms with E-state index in [4.69, 9.17) is 30.5 Å². The van der Waals surface area contributed by atoms with E-state index in [0.717, 1.165) is 12.0 Å². The minimum absolute atomic E-state index is 0.0227. The van der Waals surface area contributed by atoms with Gasteiger partial charge in [-0.1, -0.05) is 29.8 Å². The Morgan fingerprint density at radius 1 is 1.12 bits per heavy atom. The molecule has 34 heavy (non-hydrogen) atoms. The SMILES string of the molecule is COC(c1ccc(O[C@H]2CCOC2)cc1)c1cc([C@]2(O)O[C@H](CO)[C@@H](O)[C@H](O)[C@H]2O)ccc1Cl. The summed E-state index contributed by atoms with van der Waals surface area (Å²) in [5, 5.41) is 51.7. The second kappa shape index (κ2) is 10.4. The highest BCUT2D eigenvalue weighted by atomic mass is 35.5. The third-order valence-corrected chi connectivity index (χ3v) is 6.61. The number of aliphatic hydroxyl groups excluding tert-OH is 4. The lowest BCUT2D eigenvalue weighted by atomic mass is 9.87. The molecule has 2 aromatic carbocycles. The Labute approximate surface area is 202 Å². The summed E-state index contributed by atoms with van der Waals surface area (Å²) < 4.78 is 22.4. The van der Waals surface area contributed by atoms with Crippen molar-refractivity contribution in [3.63, 3.8) is 0 Å². The Morgan fingerprint density at radius 3 is 2.47 bits per heavy atom. The summed E-state index contributed by atoms with van der Waals surface area (Å²) in [6.07, 6.45) is -6.28. The van der Waals surface area contributed by atoms with Gasteiger partial charge < -0.3 is 44.5 Å². The van der Waals surface area contributed by atoms with Crippen molar-refractivity contribution in [2.75, 3.05) is 26.9 Å². The molecule has 10 heteroatoms. The zero-order valence-electron chi connectivity index (χ0n) is 18.6. The van der Waals surface area contributed by atoms with Crippen molar-refractivity contribution in [1.82, 2.24) is 0 Å². The van der Waals surface area contributed by atoms with E-state index >= 15 is 0 Å². The molecule has 2 heterocycles. The molecule has 2 fully saturated rings. The van der Waals surface area contributed by atoms with Crippen molar-refractivity contribution in [3.8, 4) is 5.75 Å². The van der Waals surface area contributed by atoms with E-state index in [-0.39, 0.29) is 11.7 Å². The lowest BCUT2D eigenvalue weighted by Gasteiger charge is -2.45. The summed E-state index contributed by atoms with van der Waals surface area (Å²) in [4.78, 5) is 0. The predicted octanol–water partition coefficient (Wildman–Crippen LogP) is 0.862. The first-order chi connectivity index (χ1) is 16.3. The van der Waals surface area contributed by atoms with Gasteiger partial charge in [0.05, 0.1) is 19.8 Å². The smallest absolute Gasteiger partial charge is 0.222 e. The van der Waals surface area contributed by atoms with E-state index in [0.29, 0.717) is 29.5 Å². The van der Waals surface area contributed by atoms with Crippen LogP contribution in [0.5, 0.6) is 5.75 Å². The highest BCUT2D eigenvalue weighted by molar-refractivity contribution is 6.31. The third kappa shape index (κ3) is 4.81. The van der Waals surface area contributed by atoms with Gasteiger partial charge in [-0.3, -0.25) is 0 Å². The fraction of sp³-hybridized carbons (Fsp3) is 0.500. The van der Waals surface area contributed by atoms with Crippen LogP contribution in [0.25, 0.3) is 0 Å². The molecule has 9 nitrogen and oxygen atoms in total. The molecule has 0 aromatic heterocycles. The molecule has 7 atom stereocenters. The Balaban J connectivity index is 1.62. The topological polar surface area (TPSA) is 138 Å². The number of ether oxygens (including phenoxy) is 4. The third-order valence-electron chi connectivity index (χ3n) is 6.27. The molecule has 0 aliphatic carbocycles. The maximum atomic E-state index is 11.1. The molecule has 1 unspecified atom stereocenters. The van der Waals surface area contributed by atoms with Crippen molar-refractivity contribution in [2.45, 2.75) is 48.8 Å². The molecule has 0 amide bonds. The van der Waals surface area contributed by atoms with Crippen LogP contribution in [0.15, 0.2) is 42.5 Å². The molecule has 2 aromatic rings. The van der Waals surface area contributed by atoms with Crippen LogP contribution in [0.1, 0.15) is 29.2 Å². The zero-order valence-corrected chi connectivity index (χ0v) is 19.3. The van der Waals surface area contributed by atoms with Crippen LogP contribution in [-0.2, 0) is 20.0 Å². The van der Waals surface area contributed by atoms with Gasteiger partial charge in [0.25, 0.3) is 0 Å². The average molecular weight is 497 g/mol. The van der Waals surface area contributed by atoms with E-state index in [1.165, 1.54) is 25.3 Å². The number of hydrogen-bond acceptors (Lipinski definition) is 9. The maximum Gasteiger partial charge on any atom is 0.222 e. The largest absolute Gasteiger partial charge is 0.488 e. The highest BCUT2D eigenvalue weighted by Crippen LogP contribution is 2.40. The molecule has 2 aliphatic heterocycles. The summed E-state index contributed by atoms with van der Waals surface area (Å²) in [6.45, 7) is 0.573. The van der Waals surface area contributed by atoms with Gasteiger partial charge in [0, 0.05) is 29.7 Å². The van der Waals surface area contributed by atoms with Crippen molar-refractivity contribution in [1.29, 1.82) is 0 Å². The lowest BCUT2D eigenvalue weighted by molar-refractivity contribution is -0.357. The summed E-state index contributed by atoms with van der Waals surface area (Å²) in [5.74, 6) is -1.70. The van der Waals surface area contributed by atoms with E-state index < -0.39 is 42.9 Å². The Hall–Kier alpha value is -1.79. The average Bonchev–Trinajstić information content (AvgIpc) is 3.36. The molecule has 5 N–H and O–H groups in total. The van der Waals surface area contributed by atoms with E-state index in [1.54, 1.807) is 0 Å². The minimum Gasteiger partial charge on any atom is -0.488 e. The zero-order chi connectivity index (χ0) is 24.5.